The molecule has 0 atom stereocenters. The smallest absolute Gasteiger partial charge is 0.269 e. The lowest BCUT2D eigenvalue weighted by Gasteiger charge is -2.41. The van der Waals surface area contributed by atoms with Gasteiger partial charge in [-0.1, -0.05) is 0 Å². The van der Waals surface area contributed by atoms with Gasteiger partial charge in [-0.15, -0.1) is 0 Å². The van der Waals surface area contributed by atoms with Gasteiger partial charge in [-0.3, -0.25) is 10.1 Å². The third-order valence-corrected chi connectivity index (χ3v) is 5.93. The summed E-state index contributed by atoms with van der Waals surface area (Å²) in [4.78, 5) is 10.4. The van der Waals surface area contributed by atoms with Crippen LogP contribution >= 0.6 is 0 Å². The molecule has 1 fully saturated rings. The molecule has 116 valence electrons. The molecule has 0 spiro atoms. The van der Waals surface area contributed by atoms with Crippen LogP contribution in [0.25, 0.3) is 0 Å². The lowest BCUT2D eigenvalue weighted by atomic mass is 10.0. The molecule has 2 rings (SSSR count). The van der Waals surface area contributed by atoms with Crippen molar-refractivity contribution in [3.8, 4) is 0 Å². The van der Waals surface area contributed by atoms with E-state index in [0.29, 0.717) is 25.2 Å². The first kappa shape index (κ1) is 15.9. The Kier molecular flexibility index (Phi) is 4.05. The summed E-state index contributed by atoms with van der Waals surface area (Å²) in [5, 5.41) is 13.9. The van der Waals surface area contributed by atoms with Crippen molar-refractivity contribution in [2.45, 2.75) is 31.2 Å². The molecule has 1 aliphatic heterocycles. The molecule has 8 heteroatoms. The Hall–Kier alpha value is -1.51. The number of aryl methyl sites for hydroxylation is 1. The maximum atomic E-state index is 12.8. The van der Waals surface area contributed by atoms with Crippen molar-refractivity contribution in [3.63, 3.8) is 0 Å². The Bertz CT molecular complexity index is 670. The lowest BCUT2D eigenvalue weighted by Crippen LogP contribution is -2.59. The van der Waals surface area contributed by atoms with Crippen molar-refractivity contribution < 1.29 is 13.3 Å². The van der Waals surface area contributed by atoms with Crippen LogP contribution in [0, 0.1) is 17.0 Å². The highest BCUT2D eigenvalue weighted by atomic mass is 32.2. The first-order chi connectivity index (χ1) is 9.66. The van der Waals surface area contributed by atoms with Gasteiger partial charge < -0.3 is 5.32 Å². The van der Waals surface area contributed by atoms with Gasteiger partial charge in [-0.25, -0.2) is 8.42 Å². The molecule has 1 heterocycles. The summed E-state index contributed by atoms with van der Waals surface area (Å²) >= 11 is 0. The number of piperazine rings is 1. The van der Waals surface area contributed by atoms with Crippen molar-refractivity contribution in [1.82, 2.24) is 9.62 Å². The molecule has 1 aliphatic rings. The summed E-state index contributed by atoms with van der Waals surface area (Å²) in [7, 11) is -3.67. The van der Waals surface area contributed by atoms with Crippen LogP contribution in [-0.2, 0) is 10.0 Å². The zero-order chi connectivity index (χ0) is 15.8. The summed E-state index contributed by atoms with van der Waals surface area (Å²) in [5.74, 6) is 0. The predicted molar refractivity (Wildman–Crippen MR) is 78.7 cm³/mol. The third-order valence-electron chi connectivity index (χ3n) is 3.66. The summed E-state index contributed by atoms with van der Waals surface area (Å²) < 4.78 is 27.1. The van der Waals surface area contributed by atoms with Crippen molar-refractivity contribution in [2.24, 2.45) is 0 Å². The number of benzene rings is 1. The molecule has 0 bridgehead atoms. The van der Waals surface area contributed by atoms with Gasteiger partial charge in [0.05, 0.1) is 9.82 Å². The zero-order valence-corrected chi connectivity index (χ0v) is 13.1. The number of nitrogens with one attached hydrogen (secondary N) is 1. The molecule has 0 radical (unpaired) electrons. The fourth-order valence-corrected chi connectivity index (χ4v) is 4.56. The van der Waals surface area contributed by atoms with Crippen LogP contribution in [-0.4, -0.2) is 42.8 Å². The molecule has 1 aromatic carbocycles. The van der Waals surface area contributed by atoms with Crippen LogP contribution < -0.4 is 5.32 Å². The fourth-order valence-electron chi connectivity index (χ4n) is 2.57. The molecule has 0 amide bonds. The second kappa shape index (κ2) is 5.36. The van der Waals surface area contributed by atoms with E-state index in [9.17, 15) is 18.5 Å². The molecule has 0 aromatic heterocycles. The normalized spacial score (nSPS) is 19.4. The second-order valence-electron chi connectivity index (χ2n) is 5.77. The van der Waals surface area contributed by atoms with E-state index in [1.165, 1.54) is 22.5 Å². The molecular weight excluding hydrogens is 294 g/mol. The average molecular weight is 313 g/mol. The molecular formula is C13H19N3O4S. The highest BCUT2D eigenvalue weighted by molar-refractivity contribution is 7.89. The Balaban J connectivity index is 2.47. The Morgan fingerprint density at radius 2 is 2.05 bits per heavy atom. The van der Waals surface area contributed by atoms with Gasteiger partial charge in [0.25, 0.3) is 5.69 Å². The van der Waals surface area contributed by atoms with Crippen LogP contribution in [0.4, 0.5) is 5.69 Å². The van der Waals surface area contributed by atoms with Crippen LogP contribution in [0.1, 0.15) is 19.4 Å². The van der Waals surface area contributed by atoms with Gasteiger partial charge in [0.1, 0.15) is 0 Å². The number of sulfonamides is 1. The monoisotopic (exact) mass is 313 g/mol. The number of hydrogen-bond donors (Lipinski definition) is 1. The van der Waals surface area contributed by atoms with Gasteiger partial charge in [0, 0.05) is 37.3 Å². The van der Waals surface area contributed by atoms with E-state index in [2.05, 4.69) is 5.32 Å². The van der Waals surface area contributed by atoms with Crippen molar-refractivity contribution >= 4 is 15.7 Å². The summed E-state index contributed by atoms with van der Waals surface area (Å²) in [6, 6.07) is 3.85. The van der Waals surface area contributed by atoms with Crippen molar-refractivity contribution in [1.29, 1.82) is 0 Å². The average Bonchev–Trinajstić information content (AvgIpc) is 2.37. The number of hydrogen-bond acceptors (Lipinski definition) is 5. The summed E-state index contributed by atoms with van der Waals surface area (Å²) in [5.41, 5.74) is -0.254. The standard InChI is InChI=1S/C13H19N3O4S/c1-10-8-11(16(17)18)4-5-12(10)21(19,20)15-7-6-14-9-13(15,2)3/h4-5,8,14H,6-7,9H2,1-3H3. The molecule has 1 N–H and O–H groups in total. The number of nitro groups is 1. The van der Waals surface area contributed by atoms with Crippen LogP contribution in [0.15, 0.2) is 23.1 Å². The molecule has 1 saturated heterocycles. The largest absolute Gasteiger partial charge is 0.314 e. The SMILES string of the molecule is Cc1cc([N+](=O)[O-])ccc1S(=O)(=O)N1CCNCC1(C)C. The second-order valence-corrected chi connectivity index (χ2v) is 7.60. The number of non-ortho nitro benzene ring substituents is 1. The van der Waals surface area contributed by atoms with Gasteiger partial charge in [0.2, 0.25) is 10.0 Å². The molecule has 0 unspecified atom stereocenters. The number of rotatable bonds is 3. The molecule has 0 saturated carbocycles. The van der Waals surface area contributed by atoms with Crippen LogP contribution in [0.5, 0.6) is 0 Å². The van der Waals surface area contributed by atoms with Crippen LogP contribution in [0.3, 0.4) is 0 Å². The summed E-state index contributed by atoms with van der Waals surface area (Å²) in [6.07, 6.45) is 0. The highest BCUT2D eigenvalue weighted by Crippen LogP contribution is 2.29. The Morgan fingerprint density at radius 1 is 1.38 bits per heavy atom. The quantitative estimate of drug-likeness (QED) is 0.670. The lowest BCUT2D eigenvalue weighted by molar-refractivity contribution is -0.385. The fraction of sp³-hybridized carbons (Fsp3) is 0.538. The van der Waals surface area contributed by atoms with Crippen LogP contribution in [0.2, 0.25) is 0 Å². The summed E-state index contributed by atoms with van der Waals surface area (Å²) in [6.45, 7) is 6.84. The van der Waals surface area contributed by atoms with Gasteiger partial charge in [-0.05, 0) is 32.4 Å². The van der Waals surface area contributed by atoms with Crippen molar-refractivity contribution in [2.75, 3.05) is 19.6 Å². The first-order valence-electron chi connectivity index (χ1n) is 6.65. The molecule has 0 aliphatic carbocycles. The van der Waals surface area contributed by atoms with E-state index in [4.69, 9.17) is 0 Å². The van der Waals surface area contributed by atoms with Gasteiger partial charge >= 0.3 is 0 Å². The zero-order valence-electron chi connectivity index (χ0n) is 12.3. The third kappa shape index (κ3) is 2.92. The topological polar surface area (TPSA) is 92.5 Å². The minimum absolute atomic E-state index is 0.106. The maximum Gasteiger partial charge on any atom is 0.269 e. The van der Waals surface area contributed by atoms with Gasteiger partial charge in [-0.2, -0.15) is 4.31 Å². The van der Waals surface area contributed by atoms with Crippen molar-refractivity contribution in [3.05, 3.63) is 33.9 Å². The predicted octanol–water partition coefficient (Wildman–Crippen LogP) is 1.28. The minimum Gasteiger partial charge on any atom is -0.314 e. The van der Waals surface area contributed by atoms with E-state index in [1.807, 2.05) is 13.8 Å². The minimum atomic E-state index is -3.67. The van der Waals surface area contributed by atoms with E-state index >= 15 is 0 Å². The number of nitrogens with zero attached hydrogens (tertiary/aromatic N) is 2. The number of nitro benzene ring substituents is 1. The molecule has 1 aromatic rings. The van der Waals surface area contributed by atoms with E-state index in [1.54, 1.807) is 6.92 Å². The van der Waals surface area contributed by atoms with E-state index in [0.717, 1.165) is 0 Å². The maximum absolute atomic E-state index is 12.8. The Morgan fingerprint density at radius 3 is 2.57 bits per heavy atom. The molecule has 7 nitrogen and oxygen atoms in total. The molecule has 21 heavy (non-hydrogen) atoms. The highest BCUT2D eigenvalue weighted by Gasteiger charge is 2.39. The van der Waals surface area contributed by atoms with E-state index < -0.39 is 20.5 Å². The van der Waals surface area contributed by atoms with Gasteiger partial charge in [0.15, 0.2) is 0 Å². The Labute approximate surface area is 124 Å². The first-order valence-corrected chi connectivity index (χ1v) is 8.09. The van der Waals surface area contributed by atoms with E-state index in [-0.39, 0.29) is 10.6 Å².